The van der Waals surface area contributed by atoms with E-state index in [1.54, 1.807) is 7.11 Å². The van der Waals surface area contributed by atoms with Gasteiger partial charge >= 0.3 is 0 Å². The Balaban J connectivity index is 2.02. The molecule has 0 fully saturated rings. The maximum Gasteiger partial charge on any atom is 0.161 e. The van der Waals surface area contributed by atoms with Crippen LogP contribution in [0.5, 0.6) is 11.5 Å². The van der Waals surface area contributed by atoms with Gasteiger partial charge in [0.05, 0.1) is 19.8 Å². The summed E-state index contributed by atoms with van der Waals surface area (Å²) in [5.41, 5.74) is 2.06. The minimum absolute atomic E-state index is 0.0500. The smallest absolute Gasteiger partial charge is 0.161 e. The number of aliphatic hydroxyl groups is 3. The first-order chi connectivity index (χ1) is 12.2. The third-order valence-electron chi connectivity index (χ3n) is 4.06. The topological polar surface area (TPSA) is 79.2 Å². The Morgan fingerprint density at radius 1 is 0.920 bits per heavy atom. The summed E-state index contributed by atoms with van der Waals surface area (Å²) in [6.07, 6.45) is 0.123. The molecule has 0 heterocycles. The second-order valence-corrected chi connectivity index (χ2v) is 6.08. The maximum absolute atomic E-state index is 9.55. The van der Waals surface area contributed by atoms with E-state index < -0.39 is 6.10 Å². The van der Waals surface area contributed by atoms with Gasteiger partial charge in [-0.25, -0.2) is 0 Å². The van der Waals surface area contributed by atoms with Gasteiger partial charge < -0.3 is 24.8 Å². The molecule has 5 nitrogen and oxygen atoms in total. The van der Waals surface area contributed by atoms with Crippen molar-refractivity contribution in [2.24, 2.45) is 5.92 Å². The quantitative estimate of drug-likeness (QED) is 0.614. The highest BCUT2D eigenvalue weighted by Gasteiger charge is 2.15. The third kappa shape index (κ3) is 6.05. The largest absolute Gasteiger partial charge is 0.493 e. The molecule has 2 aromatic carbocycles. The van der Waals surface area contributed by atoms with Gasteiger partial charge in [0.2, 0.25) is 0 Å². The Bertz CT molecular complexity index is 629. The summed E-state index contributed by atoms with van der Waals surface area (Å²) in [5.74, 6) is 1.17. The van der Waals surface area contributed by atoms with Crippen LogP contribution in [0, 0.1) is 5.92 Å². The second kappa shape index (κ2) is 10.0. The van der Waals surface area contributed by atoms with Crippen LogP contribution in [-0.4, -0.2) is 41.7 Å². The summed E-state index contributed by atoms with van der Waals surface area (Å²) in [5, 5.41) is 28.0. The Hall–Kier alpha value is -2.08. The van der Waals surface area contributed by atoms with E-state index in [2.05, 4.69) is 0 Å². The van der Waals surface area contributed by atoms with Crippen LogP contribution in [0.1, 0.15) is 17.5 Å². The molecule has 0 aliphatic rings. The van der Waals surface area contributed by atoms with Crippen LogP contribution >= 0.6 is 0 Å². The second-order valence-electron chi connectivity index (χ2n) is 6.08. The van der Waals surface area contributed by atoms with Gasteiger partial charge in [-0.2, -0.15) is 0 Å². The predicted octanol–water partition coefficient (Wildman–Crippen LogP) is 2.17. The van der Waals surface area contributed by atoms with Gasteiger partial charge in [-0.05, 0) is 42.0 Å². The molecule has 2 atom stereocenters. The fourth-order valence-electron chi connectivity index (χ4n) is 2.71. The summed E-state index contributed by atoms with van der Waals surface area (Å²) in [6, 6.07) is 15.6. The average molecular weight is 346 g/mol. The molecule has 2 rings (SSSR count). The number of benzene rings is 2. The lowest BCUT2D eigenvalue weighted by Gasteiger charge is -2.18. The van der Waals surface area contributed by atoms with E-state index in [-0.39, 0.29) is 19.1 Å². The average Bonchev–Trinajstić information content (AvgIpc) is 2.66. The van der Waals surface area contributed by atoms with Crippen LogP contribution < -0.4 is 9.47 Å². The molecular formula is C20H26O5. The van der Waals surface area contributed by atoms with Crippen LogP contribution in [0.25, 0.3) is 0 Å². The highest BCUT2D eigenvalue weighted by atomic mass is 16.5. The Kier molecular flexibility index (Phi) is 7.73. The van der Waals surface area contributed by atoms with Crippen molar-refractivity contribution in [2.75, 3.05) is 20.3 Å². The van der Waals surface area contributed by atoms with Crippen LogP contribution in [0.3, 0.4) is 0 Å². The van der Waals surface area contributed by atoms with E-state index in [0.717, 1.165) is 11.1 Å². The first kappa shape index (κ1) is 19.2. The number of methoxy groups -OCH3 is 1. The number of aliphatic hydroxyl groups excluding tert-OH is 3. The molecule has 0 saturated carbocycles. The Morgan fingerprint density at radius 2 is 1.68 bits per heavy atom. The molecule has 0 radical (unpaired) electrons. The van der Waals surface area contributed by atoms with Gasteiger partial charge in [0.25, 0.3) is 0 Å². The normalized spacial score (nSPS) is 13.3. The van der Waals surface area contributed by atoms with E-state index >= 15 is 0 Å². The van der Waals surface area contributed by atoms with Gasteiger partial charge in [0, 0.05) is 6.61 Å². The molecular weight excluding hydrogens is 320 g/mol. The van der Waals surface area contributed by atoms with Gasteiger partial charge in [0.15, 0.2) is 11.5 Å². The summed E-state index contributed by atoms with van der Waals surface area (Å²) in [7, 11) is 1.59. The fourth-order valence-corrected chi connectivity index (χ4v) is 2.71. The molecule has 0 saturated heterocycles. The maximum atomic E-state index is 9.55. The van der Waals surface area contributed by atoms with E-state index in [0.29, 0.717) is 30.9 Å². The highest BCUT2D eigenvalue weighted by Crippen LogP contribution is 2.30. The summed E-state index contributed by atoms with van der Waals surface area (Å²) in [4.78, 5) is 0. The lowest BCUT2D eigenvalue weighted by atomic mass is 9.94. The van der Waals surface area contributed by atoms with E-state index in [1.807, 2.05) is 48.5 Å². The van der Waals surface area contributed by atoms with Gasteiger partial charge in [0.1, 0.15) is 6.61 Å². The number of ether oxygens (including phenoxy) is 2. The van der Waals surface area contributed by atoms with Crippen molar-refractivity contribution >= 4 is 0 Å². The molecule has 5 heteroatoms. The first-order valence-corrected chi connectivity index (χ1v) is 8.39. The number of hydrogen-bond acceptors (Lipinski definition) is 5. The van der Waals surface area contributed by atoms with Crippen molar-refractivity contribution in [1.82, 2.24) is 0 Å². The number of hydrogen-bond donors (Lipinski definition) is 3. The van der Waals surface area contributed by atoms with Crippen molar-refractivity contribution in [3.63, 3.8) is 0 Å². The molecule has 0 aliphatic carbocycles. The first-order valence-electron chi connectivity index (χ1n) is 8.39. The predicted molar refractivity (Wildman–Crippen MR) is 95.8 cm³/mol. The monoisotopic (exact) mass is 346 g/mol. The van der Waals surface area contributed by atoms with Crippen molar-refractivity contribution in [1.29, 1.82) is 0 Å². The molecule has 0 aromatic heterocycles. The van der Waals surface area contributed by atoms with Crippen LogP contribution in [0.15, 0.2) is 48.5 Å². The van der Waals surface area contributed by atoms with Crippen molar-refractivity contribution in [3.8, 4) is 11.5 Å². The minimum atomic E-state index is -0.812. The molecule has 0 aliphatic heterocycles. The minimum Gasteiger partial charge on any atom is -0.493 e. The molecule has 0 bridgehead atoms. The van der Waals surface area contributed by atoms with Gasteiger partial charge in [-0.15, -0.1) is 0 Å². The van der Waals surface area contributed by atoms with Gasteiger partial charge in [-0.1, -0.05) is 36.4 Å². The van der Waals surface area contributed by atoms with Crippen LogP contribution in [-0.2, 0) is 13.0 Å². The van der Waals surface area contributed by atoms with E-state index in [1.165, 1.54) is 0 Å². The lowest BCUT2D eigenvalue weighted by Crippen LogP contribution is -2.21. The van der Waals surface area contributed by atoms with Crippen LogP contribution in [0.2, 0.25) is 0 Å². The zero-order valence-electron chi connectivity index (χ0n) is 14.5. The van der Waals surface area contributed by atoms with Crippen molar-refractivity contribution < 1.29 is 24.8 Å². The standard InChI is InChI=1S/C20H26O5/c1-24-20-11-16(9-17(12-21)10-18(23)13-22)7-8-19(20)25-14-15-5-3-2-4-6-15/h2-8,11,17-18,21-23H,9-10,12-14H2,1H3/t17-,18+/m1/s1. The Morgan fingerprint density at radius 3 is 2.32 bits per heavy atom. The molecule has 3 N–H and O–H groups in total. The molecule has 25 heavy (non-hydrogen) atoms. The lowest BCUT2D eigenvalue weighted by molar-refractivity contribution is 0.0626. The van der Waals surface area contributed by atoms with Crippen molar-refractivity contribution in [2.45, 2.75) is 25.6 Å². The third-order valence-corrected chi connectivity index (χ3v) is 4.06. The molecule has 0 unspecified atom stereocenters. The van der Waals surface area contributed by atoms with Crippen molar-refractivity contribution in [3.05, 3.63) is 59.7 Å². The summed E-state index contributed by atoms with van der Waals surface area (Å²) < 4.78 is 11.2. The molecule has 2 aromatic rings. The Labute approximate surface area is 148 Å². The zero-order chi connectivity index (χ0) is 18.1. The molecule has 0 amide bonds. The molecule has 136 valence electrons. The van der Waals surface area contributed by atoms with Crippen LogP contribution in [0.4, 0.5) is 0 Å². The van der Waals surface area contributed by atoms with Gasteiger partial charge in [-0.3, -0.25) is 0 Å². The molecule has 0 spiro atoms. The highest BCUT2D eigenvalue weighted by molar-refractivity contribution is 5.43. The summed E-state index contributed by atoms with van der Waals surface area (Å²) in [6.45, 7) is 0.107. The zero-order valence-corrected chi connectivity index (χ0v) is 14.5. The summed E-state index contributed by atoms with van der Waals surface area (Å²) >= 11 is 0. The SMILES string of the molecule is COc1cc(C[C@@H](CO)C[C@H](O)CO)ccc1OCc1ccccc1. The number of rotatable bonds is 10. The van der Waals surface area contributed by atoms with E-state index in [4.69, 9.17) is 14.6 Å². The fraction of sp³-hybridized carbons (Fsp3) is 0.400. The van der Waals surface area contributed by atoms with E-state index in [9.17, 15) is 10.2 Å².